The van der Waals surface area contributed by atoms with Crippen molar-refractivity contribution < 1.29 is 5.11 Å². The summed E-state index contributed by atoms with van der Waals surface area (Å²) < 4.78 is 0. The molecule has 2 aliphatic rings. The van der Waals surface area contributed by atoms with Gasteiger partial charge in [0.15, 0.2) is 0 Å². The summed E-state index contributed by atoms with van der Waals surface area (Å²) in [6.45, 7) is 2.28. The van der Waals surface area contributed by atoms with Crippen LogP contribution in [-0.2, 0) is 0 Å². The number of allylic oxidation sites excluding steroid dienone is 1. The van der Waals surface area contributed by atoms with Crippen molar-refractivity contribution in [2.45, 2.75) is 63.9 Å². The lowest BCUT2D eigenvalue weighted by molar-refractivity contribution is 0.0286. The van der Waals surface area contributed by atoms with Gasteiger partial charge in [0.2, 0.25) is 0 Å². The lowest BCUT2D eigenvalue weighted by Crippen LogP contribution is -2.37. The van der Waals surface area contributed by atoms with Crippen LogP contribution in [0.2, 0.25) is 0 Å². The molecular weight excluding hydrogens is 172 g/mol. The first-order valence-electron chi connectivity index (χ1n) is 6.15. The maximum atomic E-state index is 10.6. The zero-order valence-electron chi connectivity index (χ0n) is 9.26. The molecular formula is C13H22O. The van der Waals surface area contributed by atoms with Crippen LogP contribution < -0.4 is 0 Å². The molecule has 0 aromatic heterocycles. The first-order chi connectivity index (χ1) is 6.72. The summed E-state index contributed by atoms with van der Waals surface area (Å²) in [6.07, 6.45) is 11.8. The van der Waals surface area contributed by atoms with Gasteiger partial charge >= 0.3 is 0 Å². The van der Waals surface area contributed by atoms with E-state index < -0.39 is 5.60 Å². The van der Waals surface area contributed by atoms with E-state index in [0.29, 0.717) is 5.92 Å². The van der Waals surface area contributed by atoms with E-state index in [0.717, 1.165) is 12.8 Å². The largest absolute Gasteiger partial charge is 0.386 e. The van der Waals surface area contributed by atoms with Gasteiger partial charge in [-0.25, -0.2) is 0 Å². The molecule has 0 aliphatic heterocycles. The average molecular weight is 194 g/mol. The minimum Gasteiger partial charge on any atom is -0.386 e. The molecule has 1 fully saturated rings. The highest BCUT2D eigenvalue weighted by Crippen LogP contribution is 2.40. The molecule has 14 heavy (non-hydrogen) atoms. The Kier molecular flexibility index (Phi) is 2.96. The molecule has 0 saturated heterocycles. The normalized spacial score (nSPS) is 32.4. The van der Waals surface area contributed by atoms with Crippen molar-refractivity contribution in [2.24, 2.45) is 5.92 Å². The summed E-state index contributed by atoms with van der Waals surface area (Å²) in [5.41, 5.74) is 0.946. The van der Waals surface area contributed by atoms with Crippen LogP contribution in [0.25, 0.3) is 0 Å². The molecule has 2 rings (SSSR count). The molecule has 2 aliphatic carbocycles. The second kappa shape index (κ2) is 4.06. The zero-order valence-corrected chi connectivity index (χ0v) is 9.26. The van der Waals surface area contributed by atoms with Gasteiger partial charge in [0.1, 0.15) is 0 Å². The van der Waals surface area contributed by atoms with Gasteiger partial charge in [0, 0.05) is 0 Å². The SMILES string of the molecule is CC1CCCC=C1C1(O)CCCCC1. The van der Waals surface area contributed by atoms with Crippen LogP contribution in [0, 0.1) is 5.92 Å². The minimum atomic E-state index is -0.419. The molecule has 1 heteroatoms. The van der Waals surface area contributed by atoms with Crippen molar-refractivity contribution >= 4 is 0 Å². The van der Waals surface area contributed by atoms with Gasteiger partial charge in [0.25, 0.3) is 0 Å². The smallest absolute Gasteiger partial charge is 0.0859 e. The van der Waals surface area contributed by atoms with Gasteiger partial charge < -0.3 is 5.11 Å². The van der Waals surface area contributed by atoms with Crippen molar-refractivity contribution in [3.63, 3.8) is 0 Å². The van der Waals surface area contributed by atoms with E-state index in [1.807, 2.05) is 0 Å². The summed E-state index contributed by atoms with van der Waals surface area (Å²) >= 11 is 0. The first-order valence-corrected chi connectivity index (χ1v) is 6.15. The van der Waals surface area contributed by atoms with Crippen molar-refractivity contribution in [2.75, 3.05) is 0 Å². The highest BCUT2D eigenvalue weighted by molar-refractivity contribution is 5.21. The highest BCUT2D eigenvalue weighted by atomic mass is 16.3. The summed E-state index contributed by atoms with van der Waals surface area (Å²) in [7, 11) is 0. The maximum Gasteiger partial charge on any atom is 0.0859 e. The van der Waals surface area contributed by atoms with Gasteiger partial charge in [-0.05, 0) is 43.6 Å². The molecule has 80 valence electrons. The molecule has 0 amide bonds. The molecule has 1 unspecified atom stereocenters. The predicted octanol–water partition coefficient (Wildman–Crippen LogP) is 3.43. The Labute approximate surface area is 87.2 Å². The molecule has 0 aromatic rings. The monoisotopic (exact) mass is 194 g/mol. The molecule has 0 radical (unpaired) electrons. The lowest BCUT2D eigenvalue weighted by atomic mass is 9.72. The highest BCUT2D eigenvalue weighted by Gasteiger charge is 2.35. The Morgan fingerprint density at radius 2 is 1.93 bits per heavy atom. The van der Waals surface area contributed by atoms with Crippen LogP contribution >= 0.6 is 0 Å². The fourth-order valence-corrected chi connectivity index (χ4v) is 3.11. The third-order valence-corrected chi connectivity index (χ3v) is 3.95. The van der Waals surface area contributed by atoms with E-state index in [-0.39, 0.29) is 0 Å². The third kappa shape index (κ3) is 1.88. The Bertz CT molecular complexity index is 223. The average Bonchev–Trinajstić information content (AvgIpc) is 2.19. The van der Waals surface area contributed by atoms with Crippen LogP contribution in [0.15, 0.2) is 11.6 Å². The lowest BCUT2D eigenvalue weighted by Gasteiger charge is -2.39. The van der Waals surface area contributed by atoms with E-state index in [1.54, 1.807) is 0 Å². The number of hydrogen-bond donors (Lipinski definition) is 1. The van der Waals surface area contributed by atoms with Crippen molar-refractivity contribution in [3.05, 3.63) is 11.6 Å². The fraction of sp³-hybridized carbons (Fsp3) is 0.846. The second-order valence-corrected chi connectivity index (χ2v) is 5.08. The van der Waals surface area contributed by atoms with Gasteiger partial charge in [-0.15, -0.1) is 0 Å². The molecule has 0 aromatic carbocycles. The minimum absolute atomic E-state index is 0.419. The topological polar surface area (TPSA) is 20.2 Å². The number of hydrogen-bond acceptors (Lipinski definition) is 1. The second-order valence-electron chi connectivity index (χ2n) is 5.08. The summed E-state index contributed by atoms with van der Waals surface area (Å²) in [5, 5.41) is 10.6. The molecule has 0 bridgehead atoms. The summed E-state index contributed by atoms with van der Waals surface area (Å²) in [4.78, 5) is 0. The number of rotatable bonds is 1. The summed E-state index contributed by atoms with van der Waals surface area (Å²) in [5.74, 6) is 0.617. The molecule has 1 saturated carbocycles. The van der Waals surface area contributed by atoms with E-state index in [4.69, 9.17) is 0 Å². The Balaban J connectivity index is 2.14. The van der Waals surface area contributed by atoms with Crippen LogP contribution in [0.5, 0.6) is 0 Å². The standard InChI is InChI=1S/C13H22O/c1-11-7-3-4-8-12(11)13(14)9-5-2-6-10-13/h8,11,14H,2-7,9-10H2,1H3. The Morgan fingerprint density at radius 1 is 1.21 bits per heavy atom. The molecule has 1 N–H and O–H groups in total. The quantitative estimate of drug-likeness (QED) is 0.634. The van der Waals surface area contributed by atoms with Crippen molar-refractivity contribution in [1.29, 1.82) is 0 Å². The zero-order chi connectivity index (χ0) is 10.0. The first kappa shape index (κ1) is 10.2. The third-order valence-electron chi connectivity index (χ3n) is 3.95. The Hall–Kier alpha value is -0.300. The number of aliphatic hydroxyl groups is 1. The molecule has 0 spiro atoms. The van der Waals surface area contributed by atoms with Gasteiger partial charge in [0.05, 0.1) is 5.60 Å². The van der Waals surface area contributed by atoms with E-state index in [1.165, 1.54) is 44.1 Å². The van der Waals surface area contributed by atoms with Crippen LogP contribution in [-0.4, -0.2) is 10.7 Å². The van der Waals surface area contributed by atoms with Crippen molar-refractivity contribution in [1.82, 2.24) is 0 Å². The molecule has 0 heterocycles. The maximum absolute atomic E-state index is 10.6. The van der Waals surface area contributed by atoms with E-state index >= 15 is 0 Å². The van der Waals surface area contributed by atoms with Crippen LogP contribution in [0.3, 0.4) is 0 Å². The van der Waals surface area contributed by atoms with E-state index in [2.05, 4.69) is 13.0 Å². The van der Waals surface area contributed by atoms with Crippen molar-refractivity contribution in [3.8, 4) is 0 Å². The van der Waals surface area contributed by atoms with Gasteiger partial charge in [-0.2, -0.15) is 0 Å². The predicted molar refractivity (Wildman–Crippen MR) is 59.1 cm³/mol. The van der Waals surface area contributed by atoms with Crippen LogP contribution in [0.1, 0.15) is 58.3 Å². The van der Waals surface area contributed by atoms with Gasteiger partial charge in [-0.3, -0.25) is 0 Å². The van der Waals surface area contributed by atoms with Gasteiger partial charge in [-0.1, -0.05) is 32.3 Å². The fourth-order valence-electron chi connectivity index (χ4n) is 3.11. The summed E-state index contributed by atoms with van der Waals surface area (Å²) in [6, 6.07) is 0. The van der Waals surface area contributed by atoms with E-state index in [9.17, 15) is 5.11 Å². The molecule has 1 atom stereocenters. The molecule has 1 nitrogen and oxygen atoms in total. The van der Waals surface area contributed by atoms with Crippen LogP contribution in [0.4, 0.5) is 0 Å². The Morgan fingerprint density at radius 3 is 2.57 bits per heavy atom.